The third-order valence-corrected chi connectivity index (χ3v) is 3.06. The minimum Gasteiger partial charge on any atom is -0.497 e. The molecule has 2 aromatic rings. The molecule has 1 N–H and O–H groups in total. The van der Waals surface area contributed by atoms with E-state index in [0.717, 1.165) is 17.1 Å². The number of nitro groups is 1. The van der Waals surface area contributed by atoms with Crippen LogP contribution in [0, 0.1) is 10.1 Å². The summed E-state index contributed by atoms with van der Waals surface area (Å²) in [6.07, 6.45) is 0. The van der Waals surface area contributed by atoms with Crippen molar-refractivity contribution in [1.29, 1.82) is 0 Å². The maximum absolute atomic E-state index is 10.7. The Morgan fingerprint density at radius 3 is 2.55 bits per heavy atom. The van der Waals surface area contributed by atoms with E-state index in [1.54, 1.807) is 19.2 Å². The van der Waals surface area contributed by atoms with Crippen LogP contribution < -0.4 is 14.8 Å². The lowest BCUT2D eigenvalue weighted by molar-refractivity contribution is -0.384. The number of hydrogen-bond acceptors (Lipinski definition) is 5. The monoisotopic (exact) mass is 302 g/mol. The molecule has 0 saturated carbocycles. The predicted octanol–water partition coefficient (Wildman–Crippen LogP) is 2.77. The van der Waals surface area contributed by atoms with Crippen LogP contribution in [-0.4, -0.2) is 25.2 Å². The molecule has 0 unspecified atom stereocenters. The Bertz CT molecular complexity index is 614. The fourth-order valence-electron chi connectivity index (χ4n) is 1.93. The first kappa shape index (κ1) is 15.8. The van der Waals surface area contributed by atoms with E-state index in [0.29, 0.717) is 19.7 Å². The Balaban J connectivity index is 1.70. The van der Waals surface area contributed by atoms with Gasteiger partial charge in [0.05, 0.1) is 12.0 Å². The van der Waals surface area contributed by atoms with Crippen molar-refractivity contribution >= 4 is 5.69 Å². The van der Waals surface area contributed by atoms with Crippen molar-refractivity contribution in [3.63, 3.8) is 0 Å². The van der Waals surface area contributed by atoms with Crippen LogP contribution >= 0.6 is 0 Å². The predicted molar refractivity (Wildman–Crippen MR) is 83.3 cm³/mol. The number of rotatable bonds is 8. The highest BCUT2D eigenvalue weighted by molar-refractivity contribution is 5.34. The zero-order valence-electron chi connectivity index (χ0n) is 12.3. The second kappa shape index (κ2) is 7.99. The van der Waals surface area contributed by atoms with E-state index in [4.69, 9.17) is 9.47 Å². The molecule has 0 aliphatic rings. The molecular weight excluding hydrogens is 284 g/mol. The molecule has 6 heteroatoms. The molecule has 0 aliphatic heterocycles. The molecule has 116 valence electrons. The normalized spacial score (nSPS) is 10.2. The summed E-state index contributed by atoms with van der Waals surface area (Å²) in [4.78, 5) is 10.3. The third-order valence-electron chi connectivity index (χ3n) is 3.06. The van der Waals surface area contributed by atoms with Crippen molar-refractivity contribution in [2.24, 2.45) is 0 Å². The minimum atomic E-state index is -0.393. The van der Waals surface area contributed by atoms with Crippen molar-refractivity contribution < 1.29 is 14.4 Å². The van der Waals surface area contributed by atoms with Crippen molar-refractivity contribution in [3.8, 4) is 11.5 Å². The smallest absolute Gasteiger partial charge is 0.269 e. The Labute approximate surface area is 128 Å². The summed E-state index contributed by atoms with van der Waals surface area (Å²) >= 11 is 0. The molecule has 0 heterocycles. The maximum Gasteiger partial charge on any atom is 0.269 e. The Kier molecular flexibility index (Phi) is 5.73. The summed E-state index contributed by atoms with van der Waals surface area (Å²) in [5.41, 5.74) is 0.979. The van der Waals surface area contributed by atoms with E-state index in [9.17, 15) is 10.1 Å². The highest BCUT2D eigenvalue weighted by atomic mass is 16.6. The molecule has 0 radical (unpaired) electrons. The van der Waals surface area contributed by atoms with Gasteiger partial charge in [0.25, 0.3) is 5.69 Å². The van der Waals surface area contributed by atoms with E-state index >= 15 is 0 Å². The van der Waals surface area contributed by atoms with Crippen LogP contribution in [0.15, 0.2) is 48.5 Å². The lowest BCUT2D eigenvalue weighted by Crippen LogP contribution is -2.20. The summed E-state index contributed by atoms with van der Waals surface area (Å²) < 4.78 is 10.7. The number of nitro benzene ring substituents is 1. The van der Waals surface area contributed by atoms with Gasteiger partial charge >= 0.3 is 0 Å². The van der Waals surface area contributed by atoms with Gasteiger partial charge in [0, 0.05) is 25.2 Å². The standard InChI is InChI=1S/C16H18N2O4/c1-21-15-5-7-16(8-6-15)22-10-9-17-12-13-3-2-4-14(11-13)18(19)20/h2-8,11,17H,9-10,12H2,1H3. The SMILES string of the molecule is COc1ccc(OCCNCc2cccc([N+](=O)[O-])c2)cc1. The van der Waals surface area contributed by atoms with Gasteiger partial charge in [0.15, 0.2) is 0 Å². The van der Waals surface area contributed by atoms with Crippen molar-refractivity contribution in [3.05, 3.63) is 64.2 Å². The number of nitrogens with zero attached hydrogens (tertiary/aromatic N) is 1. The molecular formula is C16H18N2O4. The fourth-order valence-corrected chi connectivity index (χ4v) is 1.93. The first-order valence-electron chi connectivity index (χ1n) is 6.90. The zero-order valence-corrected chi connectivity index (χ0v) is 12.3. The summed E-state index contributed by atoms with van der Waals surface area (Å²) in [6, 6.07) is 14.0. The first-order chi connectivity index (χ1) is 10.7. The third kappa shape index (κ3) is 4.75. The van der Waals surface area contributed by atoms with Gasteiger partial charge in [-0.25, -0.2) is 0 Å². The summed E-state index contributed by atoms with van der Waals surface area (Å²) in [5, 5.41) is 13.9. The fraction of sp³-hybridized carbons (Fsp3) is 0.250. The van der Waals surface area contributed by atoms with E-state index < -0.39 is 4.92 Å². The van der Waals surface area contributed by atoms with Crippen LogP contribution in [0.4, 0.5) is 5.69 Å². The molecule has 6 nitrogen and oxygen atoms in total. The van der Waals surface area contributed by atoms with Crippen molar-refractivity contribution in [2.75, 3.05) is 20.3 Å². The summed E-state index contributed by atoms with van der Waals surface area (Å²) in [6.45, 7) is 1.73. The molecule has 2 aromatic carbocycles. The average Bonchev–Trinajstić information content (AvgIpc) is 2.55. The van der Waals surface area contributed by atoms with E-state index in [1.807, 2.05) is 30.3 Å². The zero-order chi connectivity index (χ0) is 15.8. The number of nitrogens with one attached hydrogen (secondary N) is 1. The van der Waals surface area contributed by atoms with Gasteiger partial charge in [-0.05, 0) is 29.8 Å². The molecule has 22 heavy (non-hydrogen) atoms. The van der Waals surface area contributed by atoms with E-state index in [-0.39, 0.29) is 5.69 Å². The quantitative estimate of drug-likeness (QED) is 0.461. The van der Waals surface area contributed by atoms with Crippen molar-refractivity contribution in [1.82, 2.24) is 5.32 Å². The molecule has 0 aliphatic carbocycles. The topological polar surface area (TPSA) is 73.6 Å². The summed E-state index contributed by atoms with van der Waals surface area (Å²) in [5.74, 6) is 1.56. The molecule has 0 amide bonds. The van der Waals surface area contributed by atoms with Gasteiger partial charge < -0.3 is 14.8 Å². The number of benzene rings is 2. The molecule has 0 spiro atoms. The van der Waals surface area contributed by atoms with E-state index in [1.165, 1.54) is 6.07 Å². The number of non-ortho nitro benzene ring substituents is 1. The molecule has 0 aromatic heterocycles. The van der Waals surface area contributed by atoms with Gasteiger partial charge in [0.1, 0.15) is 18.1 Å². The van der Waals surface area contributed by atoms with Gasteiger partial charge in [-0.2, -0.15) is 0 Å². The van der Waals surface area contributed by atoms with Crippen LogP contribution in [0.3, 0.4) is 0 Å². The lowest BCUT2D eigenvalue weighted by atomic mass is 10.2. The van der Waals surface area contributed by atoms with Crippen LogP contribution in [-0.2, 0) is 6.54 Å². The number of hydrogen-bond donors (Lipinski definition) is 1. The maximum atomic E-state index is 10.7. The molecule has 0 saturated heterocycles. The van der Waals surface area contributed by atoms with Gasteiger partial charge in [-0.15, -0.1) is 0 Å². The van der Waals surface area contributed by atoms with Crippen LogP contribution in [0.1, 0.15) is 5.56 Å². The Morgan fingerprint density at radius 2 is 1.86 bits per heavy atom. The van der Waals surface area contributed by atoms with Crippen LogP contribution in [0.25, 0.3) is 0 Å². The summed E-state index contributed by atoms with van der Waals surface area (Å²) in [7, 11) is 1.62. The van der Waals surface area contributed by atoms with Crippen LogP contribution in [0.2, 0.25) is 0 Å². The van der Waals surface area contributed by atoms with E-state index in [2.05, 4.69) is 5.32 Å². The highest BCUT2D eigenvalue weighted by Crippen LogP contribution is 2.16. The van der Waals surface area contributed by atoms with Crippen molar-refractivity contribution in [2.45, 2.75) is 6.54 Å². The van der Waals surface area contributed by atoms with Gasteiger partial charge in [0.2, 0.25) is 0 Å². The second-order valence-electron chi connectivity index (χ2n) is 4.63. The Hall–Kier alpha value is -2.60. The largest absolute Gasteiger partial charge is 0.497 e. The van der Waals surface area contributed by atoms with Gasteiger partial charge in [-0.1, -0.05) is 12.1 Å². The Morgan fingerprint density at radius 1 is 1.14 bits per heavy atom. The molecule has 0 atom stereocenters. The molecule has 0 fully saturated rings. The van der Waals surface area contributed by atoms with Gasteiger partial charge in [-0.3, -0.25) is 10.1 Å². The second-order valence-corrected chi connectivity index (χ2v) is 4.63. The molecule has 0 bridgehead atoms. The first-order valence-corrected chi connectivity index (χ1v) is 6.90. The average molecular weight is 302 g/mol. The number of methoxy groups -OCH3 is 1. The number of ether oxygens (including phenoxy) is 2. The molecule has 2 rings (SSSR count). The lowest BCUT2D eigenvalue weighted by Gasteiger charge is -2.08. The van der Waals surface area contributed by atoms with Crippen LogP contribution in [0.5, 0.6) is 11.5 Å². The minimum absolute atomic E-state index is 0.105. The highest BCUT2D eigenvalue weighted by Gasteiger charge is 2.04.